The zero-order valence-electron chi connectivity index (χ0n) is 27.9. The minimum atomic E-state index is -1.86. The molecule has 0 saturated carbocycles. The number of fused-ring (bicyclic) bond motifs is 3. The Morgan fingerprint density at radius 2 is 1.51 bits per heavy atom. The Labute approximate surface area is 295 Å². The number of nitrogens with one attached hydrogen (secondary N) is 1. The number of phenols is 1. The number of phenolic OH excluding ortho intramolecular Hbond substituents is 1. The van der Waals surface area contributed by atoms with Crippen molar-refractivity contribution in [3.8, 4) is 5.75 Å². The molecule has 7 rings (SSSR count). The zero-order valence-corrected chi connectivity index (χ0v) is 27.9. The van der Waals surface area contributed by atoms with E-state index in [1.807, 2.05) is 65.6 Å². The summed E-state index contributed by atoms with van der Waals surface area (Å²) in [6, 6.07) is 28.9. The first-order valence-electron chi connectivity index (χ1n) is 16.7. The average Bonchev–Trinajstić information content (AvgIpc) is 3.61. The Bertz CT molecular complexity index is 1950. The van der Waals surface area contributed by atoms with Crippen molar-refractivity contribution in [1.29, 1.82) is 0 Å². The number of amides is 3. The van der Waals surface area contributed by atoms with Crippen LogP contribution < -0.4 is 10.2 Å². The Morgan fingerprint density at radius 3 is 2.18 bits per heavy atom. The number of esters is 1. The third-order valence-electron chi connectivity index (χ3n) is 9.97. The molecule has 4 aromatic rings. The normalized spacial score (nSPS) is 25.2. The first-order chi connectivity index (χ1) is 24.8. The van der Waals surface area contributed by atoms with Gasteiger partial charge in [-0.25, -0.2) is 9.69 Å². The van der Waals surface area contributed by atoms with E-state index in [2.05, 4.69) is 11.9 Å². The van der Waals surface area contributed by atoms with Crippen LogP contribution in [-0.4, -0.2) is 66.8 Å². The van der Waals surface area contributed by atoms with E-state index in [4.69, 9.17) is 14.2 Å². The minimum Gasteiger partial charge on any atom is -0.508 e. The monoisotopic (exact) mass is 687 g/mol. The van der Waals surface area contributed by atoms with Gasteiger partial charge in [-0.05, 0) is 40.5 Å². The molecule has 51 heavy (non-hydrogen) atoms. The predicted octanol–water partition coefficient (Wildman–Crippen LogP) is 5.14. The third-order valence-corrected chi connectivity index (χ3v) is 9.97. The van der Waals surface area contributed by atoms with Crippen LogP contribution in [0.1, 0.15) is 40.4 Å². The van der Waals surface area contributed by atoms with Gasteiger partial charge in [-0.3, -0.25) is 19.3 Å². The molecule has 6 atom stereocenters. The summed E-state index contributed by atoms with van der Waals surface area (Å²) in [6.07, 6.45) is -0.271. The zero-order chi connectivity index (χ0) is 35.7. The van der Waals surface area contributed by atoms with Crippen LogP contribution in [0.4, 0.5) is 10.5 Å². The number of methoxy groups -OCH3 is 1. The largest absolute Gasteiger partial charge is 0.508 e. The Hall–Kier alpha value is -5.78. The Morgan fingerprint density at radius 1 is 0.863 bits per heavy atom. The molecule has 2 N–H and O–H groups in total. The SMILES string of the molecule is C=CCNC(=O)C1C2C(=O)OC(c3ccccc3)C(c3ccccc3)N2C(c2ccc(O)cc2)C12C(=O)N(C(=O)OCCOC)c1ccccc12. The number of para-hydroxylation sites is 1. The van der Waals surface area contributed by atoms with E-state index in [1.165, 1.54) is 25.3 Å². The van der Waals surface area contributed by atoms with Gasteiger partial charge in [-0.15, -0.1) is 6.58 Å². The molecule has 11 nitrogen and oxygen atoms in total. The molecule has 0 radical (unpaired) electrons. The van der Waals surface area contributed by atoms with Gasteiger partial charge in [0.2, 0.25) is 11.8 Å². The number of morpholine rings is 1. The average molecular weight is 688 g/mol. The molecule has 0 aromatic heterocycles. The summed E-state index contributed by atoms with van der Waals surface area (Å²) < 4.78 is 16.9. The summed E-state index contributed by atoms with van der Waals surface area (Å²) in [7, 11) is 1.47. The molecule has 1 spiro atoms. The molecule has 2 saturated heterocycles. The van der Waals surface area contributed by atoms with Crippen molar-refractivity contribution in [2.75, 3.05) is 31.8 Å². The maximum Gasteiger partial charge on any atom is 0.421 e. The molecule has 3 aliphatic heterocycles. The molecule has 11 heteroatoms. The maximum absolute atomic E-state index is 15.5. The van der Waals surface area contributed by atoms with Crippen LogP contribution in [0, 0.1) is 5.92 Å². The lowest BCUT2D eigenvalue weighted by Gasteiger charge is -2.46. The van der Waals surface area contributed by atoms with E-state index in [-0.39, 0.29) is 31.2 Å². The molecule has 4 aromatic carbocycles. The van der Waals surface area contributed by atoms with Gasteiger partial charge in [0.05, 0.1) is 30.3 Å². The van der Waals surface area contributed by atoms with Crippen molar-refractivity contribution >= 4 is 29.6 Å². The van der Waals surface area contributed by atoms with Crippen LogP contribution in [0.2, 0.25) is 0 Å². The number of hydrogen-bond donors (Lipinski definition) is 2. The van der Waals surface area contributed by atoms with Crippen molar-refractivity contribution in [1.82, 2.24) is 10.2 Å². The van der Waals surface area contributed by atoms with Crippen molar-refractivity contribution in [3.63, 3.8) is 0 Å². The number of nitrogens with zero attached hydrogens (tertiary/aromatic N) is 2. The van der Waals surface area contributed by atoms with Crippen LogP contribution in [0.3, 0.4) is 0 Å². The van der Waals surface area contributed by atoms with E-state index in [0.717, 1.165) is 16.0 Å². The third kappa shape index (κ3) is 5.45. The summed E-state index contributed by atoms with van der Waals surface area (Å²) in [5, 5.41) is 13.3. The van der Waals surface area contributed by atoms with Crippen molar-refractivity contribution in [3.05, 3.63) is 144 Å². The highest BCUT2D eigenvalue weighted by Gasteiger charge is 2.75. The molecule has 0 aliphatic carbocycles. The van der Waals surface area contributed by atoms with Gasteiger partial charge in [0.1, 0.15) is 29.9 Å². The molecule has 3 aliphatic rings. The van der Waals surface area contributed by atoms with E-state index in [9.17, 15) is 19.5 Å². The van der Waals surface area contributed by atoms with Crippen LogP contribution >= 0.6 is 0 Å². The topological polar surface area (TPSA) is 135 Å². The number of aromatic hydroxyl groups is 1. The predicted molar refractivity (Wildman–Crippen MR) is 186 cm³/mol. The number of cyclic esters (lactones) is 1. The number of hydrogen-bond acceptors (Lipinski definition) is 9. The highest BCUT2D eigenvalue weighted by Crippen LogP contribution is 2.65. The second-order valence-electron chi connectivity index (χ2n) is 12.7. The second-order valence-corrected chi connectivity index (χ2v) is 12.7. The standard InChI is InChI=1S/C40H37N3O8/c1-3-22-41-36(45)31-33-37(46)51-34(26-14-8-5-9-15-26)32(25-12-6-4-7-13-25)43(33)35(27-18-20-28(44)21-19-27)40(31)29-16-10-11-17-30(29)42(38(40)47)39(48)50-24-23-49-2/h3-21,31-35,44H,1,22-24H2,2H3,(H,41,45). The van der Waals surface area contributed by atoms with Crippen LogP contribution in [0.15, 0.2) is 122 Å². The summed E-state index contributed by atoms with van der Waals surface area (Å²) in [6.45, 7) is 3.79. The van der Waals surface area contributed by atoms with Gasteiger partial charge >= 0.3 is 12.1 Å². The van der Waals surface area contributed by atoms with E-state index >= 15 is 4.79 Å². The highest BCUT2D eigenvalue weighted by molar-refractivity contribution is 6.23. The van der Waals surface area contributed by atoms with Crippen molar-refractivity contribution < 1.29 is 38.5 Å². The molecule has 3 amide bonds. The fraction of sp³-hybridized carbons (Fsp3) is 0.250. The fourth-order valence-corrected chi connectivity index (χ4v) is 8.06. The summed E-state index contributed by atoms with van der Waals surface area (Å²) >= 11 is 0. The molecule has 3 heterocycles. The van der Waals surface area contributed by atoms with Crippen molar-refractivity contribution in [2.45, 2.75) is 29.6 Å². The van der Waals surface area contributed by atoms with Crippen molar-refractivity contribution in [2.24, 2.45) is 5.92 Å². The molecule has 6 unspecified atom stereocenters. The molecular formula is C40H37N3O8. The summed E-state index contributed by atoms with van der Waals surface area (Å²) in [4.78, 5) is 61.6. The van der Waals surface area contributed by atoms with Gasteiger partial charge in [0, 0.05) is 13.7 Å². The minimum absolute atomic E-state index is 0.0102. The van der Waals surface area contributed by atoms with Gasteiger partial charge in [-0.1, -0.05) is 97.1 Å². The van der Waals surface area contributed by atoms with E-state index in [0.29, 0.717) is 11.1 Å². The first kappa shape index (κ1) is 33.7. The fourth-order valence-electron chi connectivity index (χ4n) is 8.06. The summed E-state index contributed by atoms with van der Waals surface area (Å²) in [5.41, 5.74) is 0.792. The Balaban J connectivity index is 1.54. The molecular weight excluding hydrogens is 650 g/mol. The number of ether oxygens (including phenoxy) is 3. The van der Waals surface area contributed by atoms with Gasteiger partial charge in [-0.2, -0.15) is 0 Å². The lowest BCUT2D eigenvalue weighted by Crippen LogP contribution is -2.55. The number of carbonyl (C=O) groups excluding carboxylic acids is 4. The van der Waals surface area contributed by atoms with Crippen LogP contribution in [0.25, 0.3) is 0 Å². The van der Waals surface area contributed by atoms with Crippen LogP contribution in [0.5, 0.6) is 5.75 Å². The highest BCUT2D eigenvalue weighted by atomic mass is 16.6. The lowest BCUT2D eigenvalue weighted by molar-refractivity contribution is -0.178. The smallest absolute Gasteiger partial charge is 0.421 e. The molecule has 2 fully saturated rings. The second kappa shape index (κ2) is 13.9. The van der Waals surface area contributed by atoms with Crippen LogP contribution in [-0.2, 0) is 34.0 Å². The number of anilines is 1. The number of benzene rings is 4. The Kier molecular flexibility index (Phi) is 9.15. The van der Waals surface area contributed by atoms with E-state index < -0.39 is 59.4 Å². The quantitative estimate of drug-likeness (QED) is 0.139. The van der Waals surface area contributed by atoms with Gasteiger partial charge in [0.15, 0.2) is 0 Å². The van der Waals surface area contributed by atoms with Gasteiger partial charge in [0.25, 0.3) is 0 Å². The lowest BCUT2D eigenvalue weighted by atomic mass is 9.65. The van der Waals surface area contributed by atoms with Gasteiger partial charge < -0.3 is 24.6 Å². The van der Waals surface area contributed by atoms with E-state index in [1.54, 1.807) is 36.4 Å². The maximum atomic E-state index is 15.5. The summed E-state index contributed by atoms with van der Waals surface area (Å²) in [5.74, 6) is -3.41. The number of carbonyl (C=O) groups is 4. The molecule has 0 bridgehead atoms. The number of rotatable bonds is 9. The first-order valence-corrected chi connectivity index (χ1v) is 16.7. The number of imide groups is 1. The molecule has 260 valence electrons.